The molecule has 0 radical (unpaired) electrons. The number of carboxylic acid groups (broad SMARTS) is 1. The van der Waals surface area contributed by atoms with Crippen molar-refractivity contribution >= 4 is 20.3 Å². The average molecular weight is 288 g/mol. The first kappa shape index (κ1) is 18.2. The third kappa shape index (κ3) is 4.33. The Morgan fingerprint density at radius 3 is 1.74 bits per heavy atom. The van der Waals surface area contributed by atoms with Crippen molar-refractivity contribution in [3.63, 3.8) is 0 Å². The molecule has 0 unspecified atom stereocenters. The van der Waals surface area contributed by atoms with E-state index in [0.717, 1.165) is 0 Å². The fraction of sp³-hybridized carbons (Fsp3) is 0.857. The van der Waals surface area contributed by atoms with Crippen LogP contribution in [0.2, 0.25) is 16.1 Å². The van der Waals surface area contributed by atoms with Crippen molar-refractivity contribution in [2.75, 3.05) is 0 Å². The van der Waals surface area contributed by atoms with Gasteiger partial charge in [-0.25, -0.2) is 0 Å². The van der Waals surface area contributed by atoms with E-state index in [0.29, 0.717) is 11.1 Å². The molecule has 0 aromatic rings. The van der Waals surface area contributed by atoms with Crippen LogP contribution >= 0.6 is 0 Å². The zero-order chi connectivity index (χ0) is 15.4. The Labute approximate surface area is 117 Å². The highest BCUT2D eigenvalue weighted by Crippen LogP contribution is 2.50. The smallest absolute Gasteiger partial charge is 0.303 e. The third-order valence-electron chi connectivity index (χ3n) is 3.71. The van der Waals surface area contributed by atoms with Gasteiger partial charge in [-0.1, -0.05) is 48.5 Å². The predicted octanol–water partition coefficient (Wildman–Crippen LogP) is 3.96. The lowest BCUT2D eigenvalue weighted by Crippen LogP contribution is -2.53. The Hall–Kier alpha value is -0.843. The van der Waals surface area contributed by atoms with Crippen molar-refractivity contribution in [1.82, 2.24) is 0 Å². The van der Waals surface area contributed by atoms with Crippen LogP contribution in [0.5, 0.6) is 0 Å². The van der Waals surface area contributed by atoms with Crippen molar-refractivity contribution in [1.29, 1.82) is 0 Å². The van der Waals surface area contributed by atoms with Gasteiger partial charge < -0.3 is 9.53 Å². The summed E-state index contributed by atoms with van der Waals surface area (Å²) >= 11 is 0. The number of aliphatic carboxylic acids is 1. The van der Waals surface area contributed by atoms with Gasteiger partial charge in [-0.3, -0.25) is 9.59 Å². The summed E-state index contributed by atoms with van der Waals surface area (Å²) in [5.74, 6) is -1.33. The molecule has 5 heteroatoms. The molecule has 112 valence electrons. The summed E-state index contributed by atoms with van der Waals surface area (Å²) in [7, 11) is -2.33. The van der Waals surface area contributed by atoms with E-state index < -0.39 is 14.3 Å². The molecule has 0 amide bonds. The molecule has 0 spiro atoms. The Kier molecular flexibility index (Phi) is 6.26. The number of carbonyl (C=O) groups excluding carboxylic acids is 1. The first-order valence-corrected chi connectivity index (χ1v) is 8.95. The summed E-state index contributed by atoms with van der Waals surface area (Å²) < 4.78 is 5.91. The van der Waals surface area contributed by atoms with Crippen molar-refractivity contribution < 1.29 is 19.1 Å². The maximum absolute atomic E-state index is 12.0. The SMILES string of the molecule is CC(C)[Si](OC(=O)CCC(=O)O)(C(C)C)C(C)(C)C. The lowest BCUT2D eigenvalue weighted by molar-refractivity contribution is -0.142. The summed E-state index contributed by atoms with van der Waals surface area (Å²) in [5.41, 5.74) is 0.586. The molecule has 0 saturated carbocycles. The van der Waals surface area contributed by atoms with Crippen LogP contribution in [-0.2, 0) is 14.0 Å². The maximum atomic E-state index is 12.0. The minimum atomic E-state index is -2.33. The second-order valence-corrected chi connectivity index (χ2v) is 12.3. The van der Waals surface area contributed by atoms with Gasteiger partial charge in [0.05, 0.1) is 12.8 Å². The third-order valence-corrected chi connectivity index (χ3v) is 10.1. The average Bonchev–Trinajstić information content (AvgIpc) is 2.19. The molecule has 0 rings (SSSR count). The molecule has 0 atom stereocenters. The van der Waals surface area contributed by atoms with Gasteiger partial charge in [0, 0.05) is 0 Å². The molecular formula is C14H28O4Si. The van der Waals surface area contributed by atoms with Crippen LogP contribution in [0.1, 0.15) is 61.3 Å². The molecule has 0 aliphatic heterocycles. The molecule has 0 saturated heterocycles. The molecule has 0 bridgehead atoms. The first-order valence-electron chi connectivity index (χ1n) is 6.88. The van der Waals surface area contributed by atoms with E-state index in [1.165, 1.54) is 0 Å². The van der Waals surface area contributed by atoms with Crippen LogP contribution in [0.15, 0.2) is 0 Å². The van der Waals surface area contributed by atoms with Crippen LogP contribution in [0.4, 0.5) is 0 Å². The highest BCUT2D eigenvalue weighted by atomic mass is 28.4. The van der Waals surface area contributed by atoms with Gasteiger partial charge in [-0.05, 0) is 16.1 Å². The summed E-state index contributed by atoms with van der Waals surface area (Å²) in [4.78, 5) is 22.5. The fourth-order valence-electron chi connectivity index (χ4n) is 3.24. The van der Waals surface area contributed by atoms with E-state index in [1.54, 1.807) is 0 Å². The van der Waals surface area contributed by atoms with Crippen molar-refractivity contribution in [3.05, 3.63) is 0 Å². The second kappa shape index (κ2) is 6.55. The van der Waals surface area contributed by atoms with Crippen LogP contribution in [0, 0.1) is 0 Å². The zero-order valence-electron chi connectivity index (χ0n) is 13.2. The topological polar surface area (TPSA) is 63.6 Å². The first-order chi connectivity index (χ1) is 8.45. The molecule has 1 N–H and O–H groups in total. The van der Waals surface area contributed by atoms with Gasteiger partial charge in [0.1, 0.15) is 0 Å². The van der Waals surface area contributed by atoms with Gasteiger partial charge in [0.25, 0.3) is 14.3 Å². The second-order valence-electron chi connectivity index (χ2n) is 6.72. The summed E-state index contributed by atoms with van der Waals surface area (Å²) in [6.45, 7) is 14.7. The van der Waals surface area contributed by atoms with E-state index >= 15 is 0 Å². The van der Waals surface area contributed by atoms with E-state index in [2.05, 4.69) is 48.5 Å². The van der Waals surface area contributed by atoms with Gasteiger partial charge >= 0.3 is 5.97 Å². The molecular weight excluding hydrogens is 260 g/mol. The maximum Gasteiger partial charge on any atom is 0.303 e. The van der Waals surface area contributed by atoms with Gasteiger partial charge in [-0.2, -0.15) is 0 Å². The monoisotopic (exact) mass is 288 g/mol. The number of carbonyl (C=O) groups is 2. The van der Waals surface area contributed by atoms with Crippen molar-refractivity contribution in [3.8, 4) is 0 Å². The zero-order valence-corrected chi connectivity index (χ0v) is 14.2. The molecule has 0 aromatic carbocycles. The quantitative estimate of drug-likeness (QED) is 0.751. The molecule has 0 aromatic heterocycles. The highest BCUT2D eigenvalue weighted by molar-refractivity contribution is 6.80. The van der Waals surface area contributed by atoms with Crippen molar-refractivity contribution in [2.45, 2.75) is 77.4 Å². The minimum Gasteiger partial charge on any atom is -0.518 e. The summed E-state index contributed by atoms with van der Waals surface area (Å²) in [6, 6.07) is 0. The fourth-order valence-corrected chi connectivity index (χ4v) is 9.29. The number of hydrogen-bond donors (Lipinski definition) is 1. The molecule has 4 nitrogen and oxygen atoms in total. The van der Waals surface area contributed by atoms with Gasteiger partial charge in [0.2, 0.25) is 0 Å². The molecule has 0 heterocycles. The van der Waals surface area contributed by atoms with E-state index in [-0.39, 0.29) is 23.8 Å². The van der Waals surface area contributed by atoms with E-state index in [9.17, 15) is 9.59 Å². The van der Waals surface area contributed by atoms with Crippen LogP contribution < -0.4 is 0 Å². The van der Waals surface area contributed by atoms with Crippen LogP contribution in [0.25, 0.3) is 0 Å². The highest BCUT2D eigenvalue weighted by Gasteiger charge is 2.54. The van der Waals surface area contributed by atoms with E-state index in [1.807, 2.05) is 0 Å². The summed E-state index contributed by atoms with van der Waals surface area (Å²) in [5, 5.41) is 8.57. The number of rotatable bonds is 6. The largest absolute Gasteiger partial charge is 0.518 e. The normalized spacial score (nSPS) is 12.9. The standard InChI is InChI=1S/C14H28O4Si/c1-10(2)19(11(3)4,14(5,6)7)18-13(17)9-8-12(15)16/h10-11H,8-9H2,1-7H3,(H,15,16). The Morgan fingerprint density at radius 1 is 1.05 bits per heavy atom. The predicted molar refractivity (Wildman–Crippen MR) is 78.6 cm³/mol. The molecule has 0 aliphatic rings. The Bertz CT molecular complexity index is 321. The summed E-state index contributed by atoms with van der Waals surface area (Å²) in [6.07, 6.45) is -0.205. The van der Waals surface area contributed by atoms with Crippen molar-refractivity contribution in [2.24, 2.45) is 0 Å². The van der Waals surface area contributed by atoms with Crippen LogP contribution in [0.3, 0.4) is 0 Å². The Morgan fingerprint density at radius 2 is 1.47 bits per heavy atom. The molecule has 0 fully saturated rings. The van der Waals surface area contributed by atoms with Gasteiger partial charge in [0.15, 0.2) is 0 Å². The van der Waals surface area contributed by atoms with E-state index in [4.69, 9.17) is 9.53 Å². The molecule has 19 heavy (non-hydrogen) atoms. The molecule has 0 aliphatic carbocycles. The van der Waals surface area contributed by atoms with Crippen LogP contribution in [-0.4, -0.2) is 25.4 Å². The van der Waals surface area contributed by atoms with Gasteiger partial charge in [-0.15, -0.1) is 0 Å². The lowest BCUT2D eigenvalue weighted by Gasteiger charge is -2.47. The number of carboxylic acids is 1. The Balaban J connectivity index is 5.17. The minimum absolute atomic E-state index is 0.0421. The number of hydrogen-bond acceptors (Lipinski definition) is 3. The lowest BCUT2D eigenvalue weighted by atomic mass is 10.2.